The summed E-state index contributed by atoms with van der Waals surface area (Å²) in [5.74, 6) is -0.218. The quantitative estimate of drug-likeness (QED) is 0.130. The van der Waals surface area contributed by atoms with Crippen LogP contribution in [0, 0.1) is 0 Å². The van der Waals surface area contributed by atoms with Crippen LogP contribution in [-0.2, 0) is 32.0 Å². The molecule has 0 spiro atoms. The van der Waals surface area contributed by atoms with Crippen molar-refractivity contribution in [2.75, 3.05) is 24.7 Å². The van der Waals surface area contributed by atoms with Gasteiger partial charge in [0, 0.05) is 0 Å². The Morgan fingerprint density at radius 1 is 0.892 bits per heavy atom. The Morgan fingerprint density at radius 3 is 2.03 bits per heavy atom. The molecule has 10 atom stereocenters. The second kappa shape index (κ2) is 10.4. The third-order valence-electron chi connectivity index (χ3n) is 5.47. The van der Waals surface area contributed by atoms with Crippen LogP contribution in [0.4, 0.5) is 11.8 Å². The monoisotopic (exact) mass is 574 g/mol. The minimum atomic E-state index is -5.34. The van der Waals surface area contributed by atoms with E-state index in [1.54, 1.807) is 0 Å². The first-order chi connectivity index (χ1) is 17.2. The highest BCUT2D eigenvalue weighted by Crippen LogP contribution is 2.60. The summed E-state index contributed by atoms with van der Waals surface area (Å²) in [4.78, 5) is 31.3. The van der Waals surface area contributed by atoms with Crippen LogP contribution in [0.5, 0.6) is 0 Å². The molecule has 2 aromatic rings. The lowest BCUT2D eigenvalue weighted by Gasteiger charge is -2.20. The summed E-state index contributed by atoms with van der Waals surface area (Å²) in [7, 11) is -10.7. The minimum absolute atomic E-state index is 0.0150. The van der Waals surface area contributed by atoms with E-state index in [2.05, 4.69) is 28.3 Å². The van der Waals surface area contributed by atoms with Crippen LogP contribution in [0.2, 0.25) is 0 Å². The van der Waals surface area contributed by atoms with Gasteiger partial charge >= 0.3 is 15.6 Å². The Kier molecular flexibility index (Phi) is 7.88. The predicted molar refractivity (Wildman–Crippen MR) is 116 cm³/mol. The number of phosphoric acid groups is 2. The number of fused-ring (bicyclic) bond motifs is 1. The topological polar surface area (TPSA) is 318 Å². The first-order valence-corrected chi connectivity index (χ1v) is 13.3. The van der Waals surface area contributed by atoms with Gasteiger partial charge in [-0.2, -0.15) is 4.31 Å². The van der Waals surface area contributed by atoms with E-state index in [4.69, 9.17) is 20.9 Å². The van der Waals surface area contributed by atoms with E-state index < -0.39 is 78.0 Å². The normalized spacial score (nSPS) is 35.5. The van der Waals surface area contributed by atoms with Crippen LogP contribution in [0.1, 0.15) is 6.23 Å². The van der Waals surface area contributed by atoms with Gasteiger partial charge in [0.1, 0.15) is 43.0 Å². The number of nitrogens with two attached hydrogens (primary N) is 2. The number of imidazole rings is 1. The fourth-order valence-electron chi connectivity index (χ4n) is 3.65. The average Bonchev–Trinajstić information content (AvgIpc) is 3.38. The molecule has 4 heterocycles. The second-order valence-corrected chi connectivity index (χ2v) is 11.0. The lowest BCUT2D eigenvalue weighted by Crippen LogP contribution is -2.34. The number of aromatic nitrogens is 4. The largest absolute Gasteiger partial charge is 0.481 e. The van der Waals surface area contributed by atoms with Gasteiger partial charge in [0.25, 0.3) is 0 Å². The second-order valence-electron chi connectivity index (χ2n) is 7.97. The van der Waals surface area contributed by atoms with E-state index in [-0.39, 0.29) is 22.9 Å². The molecule has 11 N–H and O–H groups in total. The number of ether oxygens (including phenoxy) is 2. The molecule has 0 aliphatic carbocycles. The van der Waals surface area contributed by atoms with Gasteiger partial charge in [-0.25, -0.2) is 24.1 Å². The zero-order valence-electron chi connectivity index (χ0n) is 18.4. The van der Waals surface area contributed by atoms with Crippen LogP contribution in [0.3, 0.4) is 0 Å². The van der Waals surface area contributed by atoms with Crippen LogP contribution < -0.4 is 11.5 Å². The first-order valence-electron chi connectivity index (χ1n) is 10.3. The number of phosphoric ester groups is 2. The van der Waals surface area contributed by atoms with Gasteiger partial charge in [0.05, 0.1) is 13.2 Å². The van der Waals surface area contributed by atoms with Crippen LogP contribution in [0.25, 0.3) is 11.2 Å². The van der Waals surface area contributed by atoms with Gasteiger partial charge in [-0.1, -0.05) is 0 Å². The third kappa shape index (κ3) is 5.77. The van der Waals surface area contributed by atoms with Gasteiger partial charge in [-0.05, 0) is 0 Å². The molecule has 22 heteroatoms. The number of nitrogen functional groups attached to an aromatic ring is 2. The fourth-order valence-corrected chi connectivity index (χ4v) is 5.74. The zero-order chi connectivity index (χ0) is 27.3. The van der Waals surface area contributed by atoms with Crippen molar-refractivity contribution in [1.29, 1.82) is 0 Å². The third-order valence-corrected chi connectivity index (χ3v) is 8.07. The number of anilines is 2. The van der Waals surface area contributed by atoms with Crippen molar-refractivity contribution in [1.82, 2.24) is 19.5 Å². The Labute approximate surface area is 206 Å². The molecule has 4 rings (SSSR count). The van der Waals surface area contributed by atoms with Crippen LogP contribution in [0.15, 0.2) is 6.33 Å². The highest BCUT2D eigenvalue weighted by atomic mass is 31.3. The van der Waals surface area contributed by atoms with Crippen LogP contribution >= 0.6 is 15.6 Å². The van der Waals surface area contributed by atoms with Crippen molar-refractivity contribution in [2.24, 2.45) is 0 Å². The fraction of sp³-hybridized carbons (Fsp3) is 0.667. The van der Waals surface area contributed by atoms with E-state index in [9.17, 15) is 44.4 Å². The first kappa shape index (κ1) is 28.1. The van der Waals surface area contributed by atoms with E-state index in [1.165, 1.54) is 0 Å². The van der Waals surface area contributed by atoms with Crippen molar-refractivity contribution >= 4 is 38.6 Å². The molecule has 0 saturated carbocycles. The Morgan fingerprint density at radius 2 is 1.46 bits per heavy atom. The molecule has 3 unspecified atom stereocenters. The van der Waals surface area contributed by atoms with Gasteiger partial charge in [0.2, 0.25) is 5.95 Å². The van der Waals surface area contributed by atoms with Crippen molar-refractivity contribution in [3.05, 3.63) is 6.33 Å². The Bertz CT molecular complexity index is 1230. The maximum Gasteiger partial charge on any atom is 0.481 e. The Hall–Kier alpha value is -1.87. The molecule has 2 saturated heterocycles. The molecule has 208 valence electrons. The number of rotatable bonds is 9. The number of hydrogen-bond donors (Lipinski definition) is 9. The average molecular weight is 574 g/mol. The smallest absolute Gasteiger partial charge is 0.387 e. The predicted octanol–water partition coefficient (Wildman–Crippen LogP) is -3.70. The molecular weight excluding hydrogens is 550 g/mol. The molecule has 0 bridgehead atoms. The number of nitrogens with zero attached hydrogens (tertiary/aromatic N) is 4. The van der Waals surface area contributed by atoms with Crippen molar-refractivity contribution in [3.8, 4) is 0 Å². The van der Waals surface area contributed by atoms with Gasteiger partial charge in [0.15, 0.2) is 29.5 Å². The lowest BCUT2D eigenvalue weighted by molar-refractivity contribution is -0.132. The standard InChI is InChI=1S/C15H24N6O14P2/c16-11-6-12(19-3-18-11)21(15(17)20-6)13-9(24)7(22)4(33-13)1-31-36(27,28)35-37(29,30)32-2-5-8(23)10(25)14(26)34-5/h3-5,7-10,13-14,22-26H,1-2H2,(H2,17,20)(H,27,28)(H,29,30)(H2,16,18,19)/t4-,5-,7-,8-,9-,10-,13-,14?/m1/s1. The SMILES string of the molecule is Nc1ncnc2c1nc(N)n2[C@@H]1O[C@H](COP(=O)(O)OP(=O)(O)OC[C@H]2OC(O)[C@H](O)[C@@H]2O)[C@@H](O)[C@H]1O. The summed E-state index contributed by atoms with van der Waals surface area (Å²) in [6, 6.07) is 0. The minimum Gasteiger partial charge on any atom is -0.387 e. The Balaban J connectivity index is 1.36. The van der Waals surface area contributed by atoms with E-state index in [1.807, 2.05) is 0 Å². The molecule has 0 amide bonds. The molecule has 2 aliphatic heterocycles. The summed E-state index contributed by atoms with van der Waals surface area (Å²) in [5.41, 5.74) is 11.7. The highest BCUT2D eigenvalue weighted by Gasteiger charge is 2.47. The number of aliphatic hydroxyl groups excluding tert-OH is 5. The summed E-state index contributed by atoms with van der Waals surface area (Å²) in [5, 5.41) is 49.1. The molecular formula is C15H24N6O14P2. The molecule has 20 nitrogen and oxygen atoms in total. The summed E-state index contributed by atoms with van der Waals surface area (Å²) in [6.07, 6.45) is -11.7. The lowest BCUT2D eigenvalue weighted by atomic mass is 10.1. The van der Waals surface area contributed by atoms with Crippen molar-refractivity contribution < 1.29 is 67.3 Å². The molecule has 37 heavy (non-hydrogen) atoms. The molecule has 2 aliphatic rings. The van der Waals surface area contributed by atoms with E-state index >= 15 is 0 Å². The van der Waals surface area contributed by atoms with Crippen molar-refractivity contribution in [2.45, 2.75) is 49.1 Å². The summed E-state index contributed by atoms with van der Waals surface area (Å²) in [6.45, 7) is -1.84. The maximum absolute atomic E-state index is 12.2. The van der Waals surface area contributed by atoms with E-state index in [0.29, 0.717) is 0 Å². The zero-order valence-corrected chi connectivity index (χ0v) is 20.2. The highest BCUT2D eigenvalue weighted by molar-refractivity contribution is 7.61. The summed E-state index contributed by atoms with van der Waals surface area (Å²) >= 11 is 0. The summed E-state index contributed by atoms with van der Waals surface area (Å²) < 4.78 is 48.8. The van der Waals surface area contributed by atoms with Crippen molar-refractivity contribution in [3.63, 3.8) is 0 Å². The molecule has 2 aromatic heterocycles. The number of aliphatic hydroxyl groups is 5. The van der Waals surface area contributed by atoms with Gasteiger partial charge in [-0.3, -0.25) is 13.6 Å². The van der Waals surface area contributed by atoms with E-state index in [0.717, 1.165) is 10.9 Å². The molecule has 2 fully saturated rings. The maximum atomic E-state index is 12.2. The van der Waals surface area contributed by atoms with Gasteiger partial charge in [-0.15, -0.1) is 0 Å². The molecule has 0 aromatic carbocycles. The number of hydrogen-bond acceptors (Lipinski definition) is 17. The molecule has 0 radical (unpaired) electrons. The van der Waals surface area contributed by atoms with Crippen LogP contribution in [-0.4, -0.2) is 111 Å². The van der Waals surface area contributed by atoms with Gasteiger partial charge < -0.3 is 56.3 Å².